The number of hydrogen-bond acceptors (Lipinski definition) is 2. The Morgan fingerprint density at radius 1 is 0.680 bits per heavy atom. The zero-order chi connectivity index (χ0) is 17.2. The first-order chi connectivity index (χ1) is 12.2. The highest BCUT2D eigenvalue weighted by Crippen LogP contribution is 2.26. The molecule has 0 aliphatic rings. The summed E-state index contributed by atoms with van der Waals surface area (Å²) in [6, 6.07) is 28.0. The summed E-state index contributed by atoms with van der Waals surface area (Å²) < 4.78 is 0. The molecule has 0 saturated carbocycles. The van der Waals surface area contributed by atoms with Crippen molar-refractivity contribution in [2.75, 3.05) is 0 Å². The van der Waals surface area contributed by atoms with Gasteiger partial charge in [-0.25, -0.2) is 0 Å². The minimum atomic E-state index is 0.179. The summed E-state index contributed by atoms with van der Waals surface area (Å²) in [7, 11) is 0. The molecule has 2 nitrogen and oxygen atoms in total. The highest BCUT2D eigenvalue weighted by molar-refractivity contribution is 5.86. The van der Waals surface area contributed by atoms with E-state index in [0.717, 1.165) is 11.2 Å². The normalized spacial score (nSPS) is 13.8. The average molecular weight is 326 g/mol. The van der Waals surface area contributed by atoms with E-state index in [4.69, 9.17) is 4.98 Å². The number of pyridine rings is 1. The first kappa shape index (κ1) is 15.8. The minimum absolute atomic E-state index is 0.179. The number of nitrogens with one attached hydrogen (secondary N) is 1. The van der Waals surface area contributed by atoms with Gasteiger partial charge in [-0.15, -0.1) is 0 Å². The van der Waals surface area contributed by atoms with Gasteiger partial charge < -0.3 is 5.32 Å². The molecule has 2 heteroatoms. The Morgan fingerprint density at radius 2 is 1.40 bits per heavy atom. The molecular weight excluding hydrogens is 304 g/mol. The molecule has 2 atom stereocenters. The lowest BCUT2D eigenvalue weighted by molar-refractivity contribution is 0.489. The molecule has 124 valence electrons. The van der Waals surface area contributed by atoms with Crippen LogP contribution in [0.2, 0.25) is 0 Å². The SMILES string of the molecule is C[C@H](N[C@H](C)c1cccc2ccccc12)c1ccc2ccccc2n1. The van der Waals surface area contributed by atoms with Crippen LogP contribution < -0.4 is 5.32 Å². The number of para-hydroxylation sites is 1. The van der Waals surface area contributed by atoms with Crippen molar-refractivity contribution in [1.82, 2.24) is 10.3 Å². The van der Waals surface area contributed by atoms with Crippen LogP contribution in [-0.4, -0.2) is 4.98 Å². The van der Waals surface area contributed by atoms with Crippen molar-refractivity contribution in [3.05, 3.63) is 90.1 Å². The van der Waals surface area contributed by atoms with Gasteiger partial charge in [0.25, 0.3) is 0 Å². The maximum Gasteiger partial charge on any atom is 0.0706 e. The summed E-state index contributed by atoms with van der Waals surface area (Å²) in [5.74, 6) is 0. The second kappa shape index (κ2) is 6.66. The predicted octanol–water partition coefficient (Wildman–Crippen LogP) is 5.80. The van der Waals surface area contributed by atoms with Gasteiger partial charge >= 0.3 is 0 Å². The molecule has 0 aliphatic carbocycles. The van der Waals surface area contributed by atoms with Crippen molar-refractivity contribution in [3.8, 4) is 0 Å². The molecule has 0 bridgehead atoms. The third kappa shape index (κ3) is 3.13. The Morgan fingerprint density at radius 3 is 2.28 bits per heavy atom. The van der Waals surface area contributed by atoms with Crippen molar-refractivity contribution >= 4 is 21.7 Å². The van der Waals surface area contributed by atoms with E-state index in [1.54, 1.807) is 0 Å². The molecule has 1 heterocycles. The molecule has 0 amide bonds. The van der Waals surface area contributed by atoms with Crippen LogP contribution in [0.25, 0.3) is 21.7 Å². The topological polar surface area (TPSA) is 24.9 Å². The third-order valence-corrected chi connectivity index (χ3v) is 4.85. The summed E-state index contributed by atoms with van der Waals surface area (Å²) in [5.41, 5.74) is 3.45. The number of fused-ring (bicyclic) bond motifs is 2. The Bertz CT molecular complexity index is 1020. The second-order valence-corrected chi connectivity index (χ2v) is 6.61. The lowest BCUT2D eigenvalue weighted by Crippen LogP contribution is -2.23. The fourth-order valence-electron chi connectivity index (χ4n) is 3.50. The molecule has 0 aliphatic heterocycles. The van der Waals surface area contributed by atoms with E-state index in [1.807, 2.05) is 12.1 Å². The van der Waals surface area contributed by atoms with Crippen LogP contribution in [0, 0.1) is 0 Å². The molecule has 1 N–H and O–H groups in total. The lowest BCUT2D eigenvalue weighted by Gasteiger charge is -2.21. The fourth-order valence-corrected chi connectivity index (χ4v) is 3.50. The largest absolute Gasteiger partial charge is 0.302 e. The first-order valence-corrected chi connectivity index (χ1v) is 8.82. The molecule has 4 rings (SSSR count). The van der Waals surface area contributed by atoms with E-state index >= 15 is 0 Å². The van der Waals surface area contributed by atoms with Crippen LogP contribution in [-0.2, 0) is 0 Å². The van der Waals surface area contributed by atoms with Crippen LogP contribution in [0.4, 0.5) is 0 Å². The number of aromatic nitrogens is 1. The molecule has 3 aromatic carbocycles. The Labute approximate surface area is 148 Å². The number of benzene rings is 3. The summed E-state index contributed by atoms with van der Waals surface area (Å²) in [6.45, 7) is 4.40. The summed E-state index contributed by atoms with van der Waals surface area (Å²) in [6.07, 6.45) is 0. The Kier molecular flexibility index (Phi) is 4.21. The molecule has 0 unspecified atom stereocenters. The van der Waals surface area contributed by atoms with Crippen LogP contribution in [0.3, 0.4) is 0 Å². The van der Waals surface area contributed by atoms with Gasteiger partial charge in [-0.1, -0.05) is 66.7 Å². The monoisotopic (exact) mass is 326 g/mol. The molecule has 1 aromatic heterocycles. The number of hydrogen-bond donors (Lipinski definition) is 1. The molecule has 0 saturated heterocycles. The van der Waals surface area contributed by atoms with Gasteiger partial charge in [0.05, 0.1) is 11.2 Å². The van der Waals surface area contributed by atoms with E-state index in [0.29, 0.717) is 0 Å². The predicted molar refractivity (Wildman–Crippen MR) is 106 cm³/mol. The van der Waals surface area contributed by atoms with Gasteiger partial charge in [0.1, 0.15) is 0 Å². The quantitative estimate of drug-likeness (QED) is 0.512. The number of nitrogens with zero attached hydrogens (tertiary/aromatic N) is 1. The Balaban J connectivity index is 1.61. The van der Waals surface area contributed by atoms with Gasteiger partial charge in [-0.2, -0.15) is 0 Å². The molecular formula is C23H22N2. The average Bonchev–Trinajstić information content (AvgIpc) is 2.67. The zero-order valence-corrected chi connectivity index (χ0v) is 14.6. The molecule has 0 spiro atoms. The maximum absolute atomic E-state index is 4.82. The van der Waals surface area contributed by atoms with Gasteiger partial charge in [0, 0.05) is 17.5 Å². The van der Waals surface area contributed by atoms with Crippen molar-refractivity contribution in [1.29, 1.82) is 0 Å². The second-order valence-electron chi connectivity index (χ2n) is 6.61. The van der Waals surface area contributed by atoms with Crippen LogP contribution >= 0.6 is 0 Å². The van der Waals surface area contributed by atoms with E-state index in [9.17, 15) is 0 Å². The van der Waals surface area contributed by atoms with Crippen molar-refractivity contribution in [2.45, 2.75) is 25.9 Å². The van der Waals surface area contributed by atoms with Crippen LogP contribution in [0.15, 0.2) is 78.9 Å². The summed E-state index contributed by atoms with van der Waals surface area (Å²) in [5, 5.41) is 7.48. The maximum atomic E-state index is 4.82. The van der Waals surface area contributed by atoms with Crippen molar-refractivity contribution in [3.63, 3.8) is 0 Å². The first-order valence-electron chi connectivity index (χ1n) is 8.82. The summed E-state index contributed by atoms with van der Waals surface area (Å²) >= 11 is 0. The Hall–Kier alpha value is -2.71. The van der Waals surface area contributed by atoms with Crippen LogP contribution in [0.5, 0.6) is 0 Å². The zero-order valence-electron chi connectivity index (χ0n) is 14.6. The van der Waals surface area contributed by atoms with Gasteiger partial charge in [0.15, 0.2) is 0 Å². The molecule has 0 fully saturated rings. The minimum Gasteiger partial charge on any atom is -0.302 e. The fraction of sp³-hybridized carbons (Fsp3) is 0.174. The van der Waals surface area contributed by atoms with E-state index in [-0.39, 0.29) is 12.1 Å². The third-order valence-electron chi connectivity index (χ3n) is 4.85. The highest BCUT2D eigenvalue weighted by Gasteiger charge is 2.14. The van der Waals surface area contributed by atoms with E-state index < -0.39 is 0 Å². The van der Waals surface area contributed by atoms with Crippen molar-refractivity contribution < 1.29 is 0 Å². The molecule has 4 aromatic rings. The van der Waals surface area contributed by atoms with Gasteiger partial charge in [0.2, 0.25) is 0 Å². The van der Waals surface area contributed by atoms with Gasteiger partial charge in [-0.3, -0.25) is 4.98 Å². The summed E-state index contributed by atoms with van der Waals surface area (Å²) in [4.78, 5) is 4.82. The standard InChI is InChI=1S/C23H22N2/c1-16(20-12-7-10-18-8-3-5-11-21(18)20)24-17(2)22-15-14-19-9-4-6-13-23(19)25-22/h3-17,24H,1-2H3/t16-,17+/m1/s1. The highest BCUT2D eigenvalue weighted by atomic mass is 15.0. The van der Waals surface area contributed by atoms with E-state index in [2.05, 4.69) is 85.9 Å². The molecule has 25 heavy (non-hydrogen) atoms. The molecule has 0 radical (unpaired) electrons. The van der Waals surface area contributed by atoms with E-state index in [1.165, 1.54) is 21.7 Å². The smallest absolute Gasteiger partial charge is 0.0706 e. The lowest BCUT2D eigenvalue weighted by atomic mass is 9.99. The van der Waals surface area contributed by atoms with Gasteiger partial charge in [-0.05, 0) is 42.3 Å². The van der Waals surface area contributed by atoms with Crippen molar-refractivity contribution in [2.24, 2.45) is 0 Å². The van der Waals surface area contributed by atoms with Crippen LogP contribution in [0.1, 0.15) is 37.2 Å². The number of rotatable bonds is 4.